The van der Waals surface area contributed by atoms with E-state index >= 15 is 0 Å². The van der Waals surface area contributed by atoms with E-state index in [1.165, 1.54) is 6.92 Å². The van der Waals surface area contributed by atoms with Gasteiger partial charge in [0, 0.05) is 52.0 Å². The van der Waals surface area contributed by atoms with Crippen LogP contribution in [-0.4, -0.2) is 76.8 Å². The van der Waals surface area contributed by atoms with Crippen LogP contribution in [0.15, 0.2) is 24.3 Å². The lowest BCUT2D eigenvalue weighted by molar-refractivity contribution is -0.140. The van der Waals surface area contributed by atoms with Crippen molar-refractivity contribution in [3.8, 4) is 0 Å². The molecule has 0 saturated carbocycles. The molecule has 8 heteroatoms. The molecule has 2 heterocycles. The highest BCUT2D eigenvalue weighted by Crippen LogP contribution is 2.22. The largest absolute Gasteiger partial charge is 0.339 e. The van der Waals surface area contributed by atoms with Crippen molar-refractivity contribution >= 4 is 29.4 Å². The number of Topliss-reactive ketones (excluding diaryl/α,β-unsaturated/α-hetero) is 1. The lowest BCUT2D eigenvalue weighted by atomic mass is 10.1. The normalized spacial score (nSPS) is 16.4. The van der Waals surface area contributed by atoms with Crippen LogP contribution in [0.1, 0.15) is 46.9 Å². The Balaban J connectivity index is 1.47. The topological polar surface area (TPSA) is 95.1 Å². The van der Waals surface area contributed by atoms with E-state index in [-0.39, 0.29) is 55.2 Å². The minimum absolute atomic E-state index is 0.0182. The Kier molecular flexibility index (Phi) is 5.87. The number of hydrogen-bond donors (Lipinski definition) is 0. The molecule has 148 valence electrons. The highest BCUT2D eigenvalue weighted by Gasteiger charge is 2.35. The molecule has 1 saturated heterocycles. The fourth-order valence-electron chi connectivity index (χ4n) is 3.45. The summed E-state index contributed by atoms with van der Waals surface area (Å²) in [6, 6.07) is 6.63. The van der Waals surface area contributed by atoms with Crippen molar-refractivity contribution in [2.75, 3.05) is 32.7 Å². The van der Waals surface area contributed by atoms with Crippen LogP contribution in [0.3, 0.4) is 0 Å². The minimum atomic E-state index is -0.366. The number of amides is 4. The van der Waals surface area contributed by atoms with Gasteiger partial charge in [-0.3, -0.25) is 24.1 Å². The average Bonchev–Trinajstić information content (AvgIpc) is 2.95. The molecule has 0 N–H and O–H groups in total. The molecule has 28 heavy (non-hydrogen) atoms. The van der Waals surface area contributed by atoms with Crippen molar-refractivity contribution in [3.63, 3.8) is 0 Å². The molecule has 1 aromatic carbocycles. The van der Waals surface area contributed by atoms with E-state index in [2.05, 4.69) is 0 Å². The van der Waals surface area contributed by atoms with Gasteiger partial charge in [-0.1, -0.05) is 12.1 Å². The zero-order valence-corrected chi connectivity index (χ0v) is 15.8. The Labute approximate surface area is 163 Å². The van der Waals surface area contributed by atoms with Gasteiger partial charge in [-0.15, -0.1) is 0 Å². The van der Waals surface area contributed by atoms with Crippen molar-refractivity contribution in [2.45, 2.75) is 26.2 Å². The van der Waals surface area contributed by atoms with Crippen LogP contribution >= 0.6 is 0 Å². The molecule has 3 rings (SSSR count). The Morgan fingerprint density at radius 3 is 1.71 bits per heavy atom. The van der Waals surface area contributed by atoms with Gasteiger partial charge >= 0.3 is 0 Å². The van der Waals surface area contributed by atoms with Crippen LogP contribution in [0, 0.1) is 0 Å². The van der Waals surface area contributed by atoms with E-state index in [4.69, 9.17) is 0 Å². The number of nitrogens with zero attached hydrogens (tertiary/aromatic N) is 3. The Morgan fingerprint density at radius 1 is 0.786 bits per heavy atom. The minimum Gasteiger partial charge on any atom is -0.339 e. The second-order valence-corrected chi connectivity index (χ2v) is 7.02. The maximum Gasteiger partial charge on any atom is 0.261 e. The molecule has 0 aliphatic carbocycles. The third-order valence-electron chi connectivity index (χ3n) is 5.10. The van der Waals surface area contributed by atoms with Crippen molar-refractivity contribution < 1.29 is 24.0 Å². The van der Waals surface area contributed by atoms with Crippen LogP contribution in [0.25, 0.3) is 0 Å². The third-order valence-corrected chi connectivity index (χ3v) is 5.10. The van der Waals surface area contributed by atoms with Gasteiger partial charge in [0.2, 0.25) is 11.8 Å². The molecule has 2 aliphatic rings. The maximum atomic E-state index is 12.5. The number of fused-ring (bicyclic) bond motifs is 1. The van der Waals surface area contributed by atoms with E-state index in [1.54, 1.807) is 34.1 Å². The van der Waals surface area contributed by atoms with E-state index in [1.807, 2.05) is 0 Å². The molecule has 1 fully saturated rings. The average molecular weight is 385 g/mol. The molecule has 0 spiro atoms. The summed E-state index contributed by atoms with van der Waals surface area (Å²) in [6.45, 7) is 3.17. The third kappa shape index (κ3) is 4.11. The molecule has 4 amide bonds. The van der Waals surface area contributed by atoms with Crippen LogP contribution in [0.4, 0.5) is 0 Å². The lowest BCUT2D eigenvalue weighted by Gasteiger charge is -2.35. The number of ketones is 1. The fourth-order valence-corrected chi connectivity index (χ4v) is 3.45. The van der Waals surface area contributed by atoms with Gasteiger partial charge in [-0.05, 0) is 19.1 Å². The molecule has 0 aromatic heterocycles. The predicted octanol–water partition coefficient (Wildman–Crippen LogP) is 0.713. The second-order valence-electron chi connectivity index (χ2n) is 7.02. The number of hydrogen-bond acceptors (Lipinski definition) is 5. The van der Waals surface area contributed by atoms with Crippen LogP contribution in [-0.2, 0) is 14.4 Å². The van der Waals surface area contributed by atoms with Crippen LogP contribution in [0.5, 0.6) is 0 Å². The number of benzene rings is 1. The molecule has 1 aromatic rings. The van der Waals surface area contributed by atoms with Gasteiger partial charge in [0.1, 0.15) is 5.78 Å². The molecule has 2 aliphatic heterocycles. The van der Waals surface area contributed by atoms with E-state index in [9.17, 15) is 24.0 Å². The highest BCUT2D eigenvalue weighted by atomic mass is 16.2. The predicted molar refractivity (Wildman–Crippen MR) is 99.5 cm³/mol. The van der Waals surface area contributed by atoms with Gasteiger partial charge < -0.3 is 14.6 Å². The van der Waals surface area contributed by atoms with Crippen molar-refractivity contribution in [1.82, 2.24) is 14.7 Å². The molecule has 0 unspecified atom stereocenters. The molecule has 0 bridgehead atoms. The van der Waals surface area contributed by atoms with E-state index in [0.717, 1.165) is 4.90 Å². The number of carbonyl (C=O) groups is 5. The smallest absolute Gasteiger partial charge is 0.261 e. The number of piperazine rings is 1. The monoisotopic (exact) mass is 385 g/mol. The van der Waals surface area contributed by atoms with Crippen LogP contribution in [0.2, 0.25) is 0 Å². The number of imide groups is 1. The van der Waals surface area contributed by atoms with Gasteiger partial charge in [0.25, 0.3) is 11.8 Å². The summed E-state index contributed by atoms with van der Waals surface area (Å²) in [5, 5.41) is 0. The number of carbonyl (C=O) groups excluding carboxylic acids is 5. The zero-order chi connectivity index (χ0) is 20.3. The van der Waals surface area contributed by atoms with Gasteiger partial charge in [-0.2, -0.15) is 0 Å². The van der Waals surface area contributed by atoms with Gasteiger partial charge in [0.15, 0.2) is 0 Å². The summed E-state index contributed by atoms with van der Waals surface area (Å²) in [5.41, 5.74) is 0.746. The maximum absolute atomic E-state index is 12.5. The van der Waals surface area contributed by atoms with Crippen molar-refractivity contribution in [2.24, 2.45) is 0 Å². The summed E-state index contributed by atoms with van der Waals surface area (Å²) in [5.74, 6) is -0.973. The first-order valence-electron chi connectivity index (χ1n) is 9.38. The SMILES string of the molecule is CC(=O)CCC(=O)N1CCN(C(=O)CCN2C(=O)c3ccccc3C2=O)CC1. The first-order chi connectivity index (χ1) is 13.4. The highest BCUT2D eigenvalue weighted by molar-refractivity contribution is 6.21. The molecular formula is C20H23N3O5. The number of rotatable bonds is 6. The standard InChI is InChI=1S/C20H23N3O5/c1-14(24)6-7-17(25)21-10-12-22(13-11-21)18(26)8-9-23-19(27)15-4-2-3-5-16(15)20(23)28/h2-5H,6-13H2,1H3. The van der Waals surface area contributed by atoms with Crippen LogP contribution < -0.4 is 0 Å². The van der Waals surface area contributed by atoms with E-state index in [0.29, 0.717) is 37.3 Å². The van der Waals surface area contributed by atoms with Crippen molar-refractivity contribution in [1.29, 1.82) is 0 Å². The molecular weight excluding hydrogens is 362 g/mol. The molecule has 8 nitrogen and oxygen atoms in total. The van der Waals surface area contributed by atoms with Crippen molar-refractivity contribution in [3.05, 3.63) is 35.4 Å². The quantitative estimate of drug-likeness (QED) is 0.672. The van der Waals surface area contributed by atoms with E-state index < -0.39 is 0 Å². The summed E-state index contributed by atoms with van der Waals surface area (Å²) in [7, 11) is 0. The Bertz CT molecular complexity index is 792. The Hall–Kier alpha value is -3.03. The lowest BCUT2D eigenvalue weighted by Crippen LogP contribution is -2.51. The first-order valence-corrected chi connectivity index (χ1v) is 9.38. The summed E-state index contributed by atoms with van der Waals surface area (Å²) in [4.78, 5) is 64.6. The zero-order valence-electron chi connectivity index (χ0n) is 15.8. The second kappa shape index (κ2) is 8.33. The van der Waals surface area contributed by atoms with Gasteiger partial charge in [0.05, 0.1) is 11.1 Å². The summed E-state index contributed by atoms with van der Waals surface area (Å²) < 4.78 is 0. The van der Waals surface area contributed by atoms with Gasteiger partial charge in [-0.25, -0.2) is 0 Å². The summed E-state index contributed by atoms with van der Waals surface area (Å²) >= 11 is 0. The Morgan fingerprint density at radius 2 is 1.25 bits per heavy atom. The molecule has 0 radical (unpaired) electrons. The summed E-state index contributed by atoms with van der Waals surface area (Å²) in [6.07, 6.45) is 0.491. The molecule has 0 atom stereocenters. The fraction of sp³-hybridized carbons (Fsp3) is 0.450. The first kappa shape index (κ1) is 19.7.